The molecule has 30 heteroatoms. The third-order valence-corrected chi connectivity index (χ3v) is 25.9. The highest BCUT2D eigenvalue weighted by atomic mass is 32.1. The molecule has 0 fully saturated rings. The zero-order valence-corrected chi connectivity index (χ0v) is 79.5. The minimum atomic E-state index is -1.03. The Morgan fingerprint density at radius 1 is 0.324 bits per heavy atom. The Kier molecular flexibility index (Phi) is 31.0. The fourth-order valence-electron chi connectivity index (χ4n) is 15.4. The first-order valence-corrected chi connectivity index (χ1v) is 48.0. The zero-order chi connectivity index (χ0) is 96.7. The number of aromatic carboxylic acids is 1. The second kappa shape index (κ2) is 45.3. The molecule has 20 rings (SSSR count). The predicted octanol–water partition coefficient (Wildman–Crippen LogP) is 25.1. The van der Waals surface area contributed by atoms with Crippen LogP contribution in [-0.2, 0) is 32.0 Å². The number of carboxylic acid groups (broad SMARTS) is 4. The molecule has 10 heterocycles. The van der Waals surface area contributed by atoms with Crippen molar-refractivity contribution in [1.82, 2.24) is 73.8 Å². The number of nitrogens with zero attached hydrogens (tertiary/aromatic N) is 15. The third kappa shape index (κ3) is 23.3. The molecule has 25 nitrogen and oxygen atoms in total. The number of hydrogen-bond acceptors (Lipinski definition) is 21. The summed E-state index contributed by atoms with van der Waals surface area (Å²) in [4.78, 5) is 76.1. The van der Waals surface area contributed by atoms with E-state index in [9.17, 15) is 24.0 Å². The fraction of sp³-hybridized carbons (Fsp3) is 0.0734. The van der Waals surface area contributed by atoms with Gasteiger partial charge in [-0.15, -0.1) is 56.7 Å². The number of aromatic nitrogens is 15. The van der Waals surface area contributed by atoms with Crippen LogP contribution >= 0.6 is 56.7 Å². The van der Waals surface area contributed by atoms with Crippen molar-refractivity contribution >= 4 is 118 Å². The lowest BCUT2D eigenvalue weighted by atomic mass is 10.0. The van der Waals surface area contributed by atoms with E-state index in [4.69, 9.17) is 50.7 Å². The number of carboxylic acids is 4. The summed E-state index contributed by atoms with van der Waals surface area (Å²) in [6.07, 6.45) is 10.3. The number of hydrogen-bond donors (Lipinski definition) is 4. The molecule has 4 N–H and O–H groups in total. The van der Waals surface area contributed by atoms with Gasteiger partial charge in [-0.2, -0.15) is 25.5 Å². The average Bonchev–Trinajstić information content (AvgIpc) is 1.59. The Balaban J connectivity index is 0.000000125. The highest BCUT2D eigenvalue weighted by molar-refractivity contribution is 7.13. The van der Waals surface area contributed by atoms with Crippen LogP contribution in [0.1, 0.15) is 71.8 Å². The van der Waals surface area contributed by atoms with E-state index in [2.05, 4.69) is 120 Å². The van der Waals surface area contributed by atoms with Gasteiger partial charge in [0.1, 0.15) is 10.0 Å². The first-order chi connectivity index (χ1) is 67.8. The van der Waals surface area contributed by atoms with Crippen molar-refractivity contribution in [3.63, 3.8) is 0 Å². The molecule has 0 saturated heterocycles. The number of ether oxygens (including phenoxy) is 1. The highest BCUT2D eigenvalue weighted by Gasteiger charge is 2.26. The Bertz CT molecular complexity index is 7700. The number of rotatable bonds is 27. The van der Waals surface area contributed by atoms with Gasteiger partial charge in [0.25, 0.3) is 6.47 Å². The van der Waals surface area contributed by atoms with Crippen molar-refractivity contribution in [3.8, 4) is 134 Å². The van der Waals surface area contributed by atoms with Gasteiger partial charge >= 0.3 is 23.9 Å². The molecule has 0 atom stereocenters. The van der Waals surface area contributed by atoms with Crippen molar-refractivity contribution in [2.24, 2.45) is 0 Å². The molecule has 139 heavy (non-hydrogen) atoms. The van der Waals surface area contributed by atoms with Crippen LogP contribution in [0.25, 0.3) is 159 Å². The summed E-state index contributed by atoms with van der Waals surface area (Å²) in [7, 11) is 0. The summed E-state index contributed by atoms with van der Waals surface area (Å²) >= 11 is 6.98. The van der Waals surface area contributed by atoms with Crippen LogP contribution < -0.4 is 4.74 Å². The molecule has 0 spiro atoms. The lowest BCUT2D eigenvalue weighted by Gasteiger charge is -2.05. The summed E-state index contributed by atoms with van der Waals surface area (Å²) in [5.74, 6) is -3.44. The maximum absolute atomic E-state index is 11.0. The summed E-state index contributed by atoms with van der Waals surface area (Å²) in [5, 5.41) is 72.2. The highest BCUT2D eigenvalue weighted by Crippen LogP contribution is 2.41. The van der Waals surface area contributed by atoms with Crippen LogP contribution in [0, 0.1) is 34.6 Å². The molecule has 0 amide bonds. The Hall–Kier alpha value is -17.0. The SMILES string of the molecule is Cc1c(-c2ccccc2)nn(-c2nc(/C=C/C(=O)O)cs2)c1-c1ccccc1.Cc1c(-c2ccccc2)nn(-c2nc(CC(=O)O)cs2)c1-c1ccccc1.Cc1c(-c2ccccc2)nn(-c2nc(CCC(=O)O)cs2)c1-c1ccccc1.Cc1c(-c2ccccc2)nn(/C=C/c2nc(C(=O)O)cs2)c1-c1ccccc1.Cc1c(-c2ccccc2)nn(/C=C\c2nc(OC=O)cs2)c1-c1ccccc1. The van der Waals surface area contributed by atoms with Gasteiger partial charge in [-0.1, -0.05) is 303 Å². The van der Waals surface area contributed by atoms with Crippen molar-refractivity contribution in [1.29, 1.82) is 0 Å². The van der Waals surface area contributed by atoms with Gasteiger partial charge in [-0.05, 0) is 52.8 Å². The van der Waals surface area contributed by atoms with E-state index in [1.807, 2.05) is 295 Å². The van der Waals surface area contributed by atoms with Crippen LogP contribution in [0.3, 0.4) is 0 Å². The van der Waals surface area contributed by atoms with Crippen LogP contribution in [0.15, 0.2) is 336 Å². The predicted molar refractivity (Wildman–Crippen MR) is 553 cm³/mol. The molecular formula is C109H87N15O10S5. The van der Waals surface area contributed by atoms with Gasteiger partial charge in [0.2, 0.25) is 21.3 Å². The van der Waals surface area contributed by atoms with Gasteiger partial charge < -0.3 is 25.2 Å². The molecule has 0 bridgehead atoms. The Morgan fingerprint density at radius 3 is 0.971 bits per heavy atom. The molecule has 0 aliphatic rings. The van der Waals surface area contributed by atoms with E-state index in [1.165, 1.54) is 68.1 Å². The van der Waals surface area contributed by atoms with E-state index in [-0.39, 0.29) is 18.5 Å². The smallest absolute Gasteiger partial charge is 0.355 e. The van der Waals surface area contributed by atoms with Crippen molar-refractivity contribution in [2.75, 3.05) is 0 Å². The van der Waals surface area contributed by atoms with Gasteiger partial charge in [-0.25, -0.2) is 57.9 Å². The number of benzene rings is 10. The molecule has 10 aromatic carbocycles. The Labute approximate surface area is 819 Å². The number of thiazole rings is 5. The molecule has 0 aliphatic heterocycles. The maximum Gasteiger partial charge on any atom is 0.355 e. The quantitative estimate of drug-likeness (QED) is 0.0274. The van der Waals surface area contributed by atoms with Crippen LogP contribution in [0.2, 0.25) is 0 Å². The van der Waals surface area contributed by atoms with Crippen molar-refractivity contribution in [2.45, 2.75) is 53.9 Å². The van der Waals surface area contributed by atoms with E-state index in [0.29, 0.717) is 45.4 Å². The van der Waals surface area contributed by atoms with E-state index in [1.54, 1.807) is 16.8 Å². The first kappa shape index (κ1) is 95.1. The average molecular weight is 1930 g/mol. The van der Waals surface area contributed by atoms with Crippen LogP contribution in [0.5, 0.6) is 5.88 Å². The molecule has 0 unspecified atom stereocenters. The van der Waals surface area contributed by atoms with Crippen LogP contribution in [0.4, 0.5) is 0 Å². The third-order valence-electron chi connectivity index (χ3n) is 21.7. The minimum Gasteiger partial charge on any atom is -0.481 e. The van der Waals surface area contributed by atoms with E-state index >= 15 is 0 Å². The summed E-state index contributed by atoms with van der Waals surface area (Å²) in [6, 6.07) is 101. The largest absolute Gasteiger partial charge is 0.481 e. The second-order valence-electron chi connectivity index (χ2n) is 31.1. The molecule has 10 aromatic heterocycles. The number of aliphatic carboxylic acids is 3. The van der Waals surface area contributed by atoms with Gasteiger partial charge in [0.05, 0.1) is 92.2 Å². The van der Waals surface area contributed by atoms with Crippen molar-refractivity contribution in [3.05, 3.63) is 397 Å². The normalized spacial score (nSPS) is 11.0. The van der Waals surface area contributed by atoms with Crippen LogP contribution in [-0.4, -0.2) is 125 Å². The summed E-state index contributed by atoms with van der Waals surface area (Å²) in [6.45, 7) is 10.7. The van der Waals surface area contributed by atoms with E-state index in [0.717, 1.165) is 162 Å². The molecular weight excluding hydrogens is 1840 g/mol. The van der Waals surface area contributed by atoms with Gasteiger partial charge in [0, 0.05) is 130 Å². The molecule has 0 saturated carbocycles. The number of aryl methyl sites for hydroxylation is 1. The second-order valence-corrected chi connectivity index (χ2v) is 35.4. The fourth-order valence-corrected chi connectivity index (χ4v) is 19.0. The number of carbonyl (C=O) groups excluding carboxylic acids is 1. The summed E-state index contributed by atoms with van der Waals surface area (Å²) in [5.41, 5.74) is 27.4. The van der Waals surface area contributed by atoms with Gasteiger partial charge in [0.15, 0.2) is 5.69 Å². The molecule has 0 aliphatic carbocycles. The monoisotopic (exact) mass is 1930 g/mol. The lowest BCUT2D eigenvalue weighted by molar-refractivity contribution is -0.137. The van der Waals surface area contributed by atoms with E-state index < -0.39 is 23.9 Å². The first-order valence-electron chi connectivity index (χ1n) is 43.6. The standard InChI is InChI=1S/2C22H17N3O2S.C22H19N3O2S.C22H17N3O2S.C21H17N3O2S/c1-16-21(17-8-4-2-5-9-17)24-25(22(16)18-10-6-3-7-11-18)13-12-20-23-19(14-28-20)27-15-26;1-15-20(16-8-4-2-5-9-16)24-25(21(15)17-10-6-3-7-11-17)13-12-19-23-18(14-28-19)22(26)27;2*1-15-20(16-8-4-2-5-9-16)24-25(21(15)17-10-6-3-7-11-17)22-23-18(14-28-22)12-13-19(26)27;1-14-19(15-8-4-2-5-9-15)23-24(20(14)16-10-6-3-7-11-16)21-22-17(13-27-21)12-18(25)26/h2-15H,1H3;2-14H,1H3,(H,26,27);2-11,14H,12-13H2,1H3,(H,26,27);2-14H,1H3,(H,26,27);2-11,13H,12H2,1H3,(H,25,26)/b13-12-;13-12+;;13-12+;. The van der Waals surface area contributed by atoms with Gasteiger partial charge in [-0.3, -0.25) is 14.4 Å². The number of carbonyl (C=O) groups is 5. The minimum absolute atomic E-state index is 0.0505. The van der Waals surface area contributed by atoms with Crippen molar-refractivity contribution < 1.29 is 49.1 Å². The zero-order valence-electron chi connectivity index (χ0n) is 75.4. The molecule has 688 valence electrons. The molecule has 0 radical (unpaired) electrons. The molecule has 20 aromatic rings. The Morgan fingerprint density at radius 2 is 0.633 bits per heavy atom. The topological polar surface area (TPSA) is 329 Å². The summed E-state index contributed by atoms with van der Waals surface area (Å²) < 4.78 is 14.0. The maximum atomic E-state index is 11.0. The lowest BCUT2D eigenvalue weighted by Crippen LogP contribution is -2.02.